The minimum atomic E-state index is -0.796. The first kappa shape index (κ1) is 23.3. The maximum Gasteiger partial charge on any atom is 0.218 e. The van der Waals surface area contributed by atoms with E-state index in [1.54, 1.807) is 0 Å². The number of hydrogen-bond donors (Lipinski definition) is 1. The number of anilines is 1. The highest BCUT2D eigenvalue weighted by atomic mass is 16.5. The molecule has 10 heteroatoms. The molecule has 2 saturated heterocycles. The number of rotatable bonds is 4. The van der Waals surface area contributed by atoms with Gasteiger partial charge in [0.25, 0.3) is 0 Å². The average Bonchev–Trinajstić information content (AvgIpc) is 3.65. The van der Waals surface area contributed by atoms with Crippen molar-refractivity contribution in [2.75, 3.05) is 24.6 Å². The van der Waals surface area contributed by atoms with Crippen LogP contribution >= 0.6 is 0 Å². The summed E-state index contributed by atoms with van der Waals surface area (Å²) < 4.78 is 10.2. The van der Waals surface area contributed by atoms with Gasteiger partial charge in [0.05, 0.1) is 18.5 Å². The third-order valence-corrected chi connectivity index (χ3v) is 8.52. The van der Waals surface area contributed by atoms with Crippen molar-refractivity contribution in [1.29, 1.82) is 0 Å². The highest BCUT2D eigenvalue weighted by molar-refractivity contribution is 5.73. The summed E-state index contributed by atoms with van der Waals surface area (Å²) >= 11 is 0. The van der Waals surface area contributed by atoms with E-state index in [1.807, 2.05) is 16.1 Å². The van der Waals surface area contributed by atoms with E-state index in [1.165, 1.54) is 12.5 Å². The van der Waals surface area contributed by atoms with Crippen molar-refractivity contribution in [3.63, 3.8) is 0 Å². The number of fused-ring (bicyclic) bond motifs is 5. The van der Waals surface area contributed by atoms with Crippen LogP contribution in [0.5, 0.6) is 0 Å². The van der Waals surface area contributed by atoms with Crippen LogP contribution in [-0.4, -0.2) is 55.0 Å². The van der Waals surface area contributed by atoms with Crippen LogP contribution < -0.4 is 10.2 Å². The topological polar surface area (TPSA) is 102 Å². The number of carbonyl (C=O) groups is 1. The molecule has 0 spiro atoms. The zero-order valence-corrected chi connectivity index (χ0v) is 22.2. The number of amides is 1. The van der Waals surface area contributed by atoms with E-state index in [0.29, 0.717) is 24.5 Å². The maximum atomic E-state index is 12.2. The van der Waals surface area contributed by atoms with Crippen LogP contribution in [0.4, 0.5) is 5.69 Å². The van der Waals surface area contributed by atoms with Crippen LogP contribution in [0.3, 0.4) is 0 Å². The molecule has 0 aliphatic carbocycles. The fourth-order valence-electron chi connectivity index (χ4n) is 6.69. The highest BCUT2D eigenvalue weighted by Crippen LogP contribution is 2.48. The minimum Gasteiger partial charge on any atom is -0.369 e. The van der Waals surface area contributed by atoms with Gasteiger partial charge in [0, 0.05) is 38.3 Å². The molecule has 0 radical (unpaired) electrons. The molecule has 196 valence electrons. The second-order valence-electron chi connectivity index (χ2n) is 11.5. The molecule has 3 aliphatic heterocycles. The van der Waals surface area contributed by atoms with Crippen molar-refractivity contribution < 1.29 is 9.53 Å². The predicted molar refractivity (Wildman–Crippen MR) is 141 cm³/mol. The van der Waals surface area contributed by atoms with Crippen molar-refractivity contribution in [2.24, 2.45) is 0 Å². The zero-order chi connectivity index (χ0) is 26.3. The summed E-state index contributed by atoms with van der Waals surface area (Å²) in [7, 11) is 0. The number of benzene rings is 1. The molecule has 3 atom stereocenters. The van der Waals surface area contributed by atoms with E-state index in [4.69, 9.17) is 14.8 Å². The molecule has 6 heterocycles. The number of aryl methyl sites for hydroxylation is 2. The number of pyridine rings is 1. The van der Waals surface area contributed by atoms with E-state index < -0.39 is 11.3 Å². The Morgan fingerprint density at radius 1 is 1.13 bits per heavy atom. The lowest BCUT2D eigenvalue weighted by Gasteiger charge is -2.36. The quantitative estimate of drug-likeness (QED) is 0.449. The van der Waals surface area contributed by atoms with E-state index in [9.17, 15) is 4.79 Å². The number of nitrogens with one attached hydrogen (secondary N) is 1. The fraction of sp³-hybridized carbons (Fsp3) is 0.464. The molecule has 1 amide bonds. The first-order chi connectivity index (χ1) is 18.2. The summed E-state index contributed by atoms with van der Waals surface area (Å²) in [4.78, 5) is 24.2. The highest BCUT2D eigenvalue weighted by Gasteiger charge is 2.60. The minimum absolute atomic E-state index is 0.109. The Hall–Kier alpha value is -3.79. The average molecular weight is 513 g/mol. The molecular weight excluding hydrogens is 480 g/mol. The monoisotopic (exact) mass is 512 g/mol. The van der Waals surface area contributed by atoms with E-state index >= 15 is 0 Å². The Morgan fingerprint density at radius 2 is 1.95 bits per heavy atom. The van der Waals surface area contributed by atoms with Gasteiger partial charge < -0.3 is 15.0 Å². The van der Waals surface area contributed by atoms with Gasteiger partial charge in [-0.15, -0.1) is 5.10 Å². The summed E-state index contributed by atoms with van der Waals surface area (Å²) in [6.07, 6.45) is 4.18. The summed E-state index contributed by atoms with van der Waals surface area (Å²) in [6.45, 7) is 10.0. The third-order valence-electron chi connectivity index (χ3n) is 8.52. The molecule has 2 bridgehead atoms. The Bertz CT molecular complexity index is 1580. The number of ether oxygens (including phenoxy) is 1. The molecule has 38 heavy (non-hydrogen) atoms. The van der Waals surface area contributed by atoms with Gasteiger partial charge in [-0.3, -0.25) is 4.79 Å². The summed E-state index contributed by atoms with van der Waals surface area (Å²) in [6, 6.07) is 13.0. The molecule has 2 fully saturated rings. The molecule has 10 nitrogen and oxygen atoms in total. The van der Waals surface area contributed by atoms with Gasteiger partial charge in [0.2, 0.25) is 5.91 Å². The number of hydrogen-bond acceptors (Lipinski definition) is 7. The van der Waals surface area contributed by atoms with Crippen molar-refractivity contribution in [3.8, 4) is 0 Å². The van der Waals surface area contributed by atoms with Crippen LogP contribution in [0.15, 0.2) is 42.6 Å². The van der Waals surface area contributed by atoms with Crippen LogP contribution in [-0.2, 0) is 32.6 Å². The van der Waals surface area contributed by atoms with E-state index in [0.717, 1.165) is 42.2 Å². The molecule has 7 rings (SSSR count). The Balaban J connectivity index is 1.24. The lowest BCUT2D eigenvalue weighted by atomic mass is 9.82. The van der Waals surface area contributed by atoms with Crippen molar-refractivity contribution >= 4 is 17.2 Å². The normalized spacial score (nSPS) is 28.2. The predicted octanol–water partition coefficient (Wildman–Crippen LogP) is 2.77. The molecule has 3 aromatic heterocycles. The molecule has 2 unspecified atom stereocenters. The largest absolute Gasteiger partial charge is 0.369 e. The van der Waals surface area contributed by atoms with Gasteiger partial charge in [-0.25, -0.2) is 19.2 Å². The molecule has 1 aromatic carbocycles. The summed E-state index contributed by atoms with van der Waals surface area (Å²) in [5, 5.41) is 12.6. The lowest BCUT2D eigenvalue weighted by Crippen LogP contribution is -2.54. The van der Waals surface area contributed by atoms with E-state index in [2.05, 4.69) is 76.7 Å². The van der Waals surface area contributed by atoms with Gasteiger partial charge in [-0.2, -0.15) is 5.10 Å². The van der Waals surface area contributed by atoms with Gasteiger partial charge in [-0.05, 0) is 37.5 Å². The number of aromatic nitrogens is 6. The van der Waals surface area contributed by atoms with Crippen molar-refractivity contribution in [1.82, 2.24) is 34.7 Å². The van der Waals surface area contributed by atoms with Gasteiger partial charge in [-0.1, -0.05) is 37.3 Å². The second kappa shape index (κ2) is 7.86. The third kappa shape index (κ3) is 3.39. The fourth-order valence-corrected chi connectivity index (χ4v) is 6.69. The van der Waals surface area contributed by atoms with Crippen LogP contribution in [0.25, 0.3) is 5.65 Å². The van der Waals surface area contributed by atoms with Crippen LogP contribution in [0.2, 0.25) is 0 Å². The molecule has 3 aliphatic rings. The maximum absolute atomic E-state index is 12.2. The molecule has 0 saturated carbocycles. The first-order valence-corrected chi connectivity index (χ1v) is 13.2. The Labute approximate surface area is 221 Å². The lowest BCUT2D eigenvalue weighted by molar-refractivity contribution is -0.122. The standard InChI is InChI=1S/C28H32N8O2/c1-18-12-22(34-11-10-26(4,16-34)21-8-6-5-7-9-21)14-35-24(18)30-25(33-35)27-13-23-29-19(2)32-36(23)28(15-27,17-38-27)31-20(3)37/h5-9,12,14H,10-11,13,15-17H2,1-4H3,(H,31,37)/t26-,27?,28?/m0/s1. The Kier molecular flexibility index (Phi) is 4.83. The molecule has 1 N–H and O–H groups in total. The second-order valence-corrected chi connectivity index (χ2v) is 11.5. The SMILES string of the molecule is CC(=O)NC12COC(c3nc4c(C)cc(N5CC[C@](C)(c6ccccc6)C5)cn4n3)(Cc3nc(C)nn31)C2. The van der Waals surface area contributed by atoms with E-state index in [-0.39, 0.29) is 17.9 Å². The van der Waals surface area contributed by atoms with Gasteiger partial charge in [0.1, 0.15) is 17.2 Å². The van der Waals surface area contributed by atoms with Crippen LogP contribution in [0.1, 0.15) is 55.3 Å². The van der Waals surface area contributed by atoms with Crippen molar-refractivity contribution in [3.05, 3.63) is 71.2 Å². The summed E-state index contributed by atoms with van der Waals surface area (Å²) in [5.41, 5.74) is 2.92. The zero-order valence-electron chi connectivity index (χ0n) is 22.2. The van der Waals surface area contributed by atoms with Crippen molar-refractivity contribution in [2.45, 2.75) is 63.6 Å². The first-order valence-electron chi connectivity index (χ1n) is 13.2. The van der Waals surface area contributed by atoms with Gasteiger partial charge in [0.15, 0.2) is 17.1 Å². The van der Waals surface area contributed by atoms with Gasteiger partial charge >= 0.3 is 0 Å². The summed E-state index contributed by atoms with van der Waals surface area (Å²) in [5.74, 6) is 1.92. The number of nitrogens with zero attached hydrogens (tertiary/aromatic N) is 7. The molecule has 4 aromatic rings. The molecular formula is C28H32N8O2. The Morgan fingerprint density at radius 3 is 2.74 bits per heavy atom. The number of carbonyl (C=O) groups excluding carboxylic acids is 1. The van der Waals surface area contributed by atoms with Crippen LogP contribution in [0, 0.1) is 13.8 Å². The smallest absolute Gasteiger partial charge is 0.218 e.